The van der Waals surface area contributed by atoms with E-state index in [1.165, 1.54) is 16.7 Å². The lowest BCUT2D eigenvalue weighted by atomic mass is 10.0. The average molecular weight is 373 g/mol. The topological polar surface area (TPSA) is 58.2 Å². The quantitative estimate of drug-likeness (QED) is 0.673. The molecule has 26 heavy (non-hydrogen) atoms. The van der Waals surface area contributed by atoms with Gasteiger partial charge in [0.05, 0.1) is 0 Å². The number of hydrogen-bond donors (Lipinski definition) is 2. The zero-order valence-corrected chi connectivity index (χ0v) is 16.0. The lowest BCUT2D eigenvalue weighted by Crippen LogP contribution is -2.25. The fraction of sp³-hybridized carbons (Fsp3) is 0.333. The number of halogens is 1. The Morgan fingerprint density at radius 1 is 0.962 bits per heavy atom. The largest absolute Gasteiger partial charge is 0.356 e. The Morgan fingerprint density at radius 3 is 2.38 bits per heavy atom. The van der Waals surface area contributed by atoms with Crippen LogP contribution in [0.2, 0.25) is 5.02 Å². The predicted octanol–water partition coefficient (Wildman–Crippen LogP) is 4.42. The first-order valence-electron chi connectivity index (χ1n) is 8.82. The van der Waals surface area contributed by atoms with Gasteiger partial charge in [0.1, 0.15) is 0 Å². The summed E-state index contributed by atoms with van der Waals surface area (Å²) in [7, 11) is 0. The molecule has 0 atom stereocenters. The van der Waals surface area contributed by atoms with Gasteiger partial charge >= 0.3 is 0 Å². The number of aryl methyl sites for hydroxylation is 3. The van der Waals surface area contributed by atoms with Crippen LogP contribution in [-0.4, -0.2) is 18.4 Å². The van der Waals surface area contributed by atoms with Crippen LogP contribution in [0, 0.1) is 13.8 Å². The Bertz CT molecular complexity index is 757. The minimum Gasteiger partial charge on any atom is -0.356 e. The standard InChI is InChI=1S/C21H25ClN2O2/c1-15-5-6-17(16(2)14-15)7-12-20(25)23-13-3-4-21(26)24-19-10-8-18(22)9-11-19/h5-6,8-11,14H,3-4,7,12-13H2,1-2H3,(H,23,25)(H,24,26). The van der Waals surface area contributed by atoms with Crippen molar-refractivity contribution in [3.8, 4) is 0 Å². The highest BCUT2D eigenvalue weighted by molar-refractivity contribution is 6.30. The van der Waals surface area contributed by atoms with E-state index >= 15 is 0 Å². The summed E-state index contributed by atoms with van der Waals surface area (Å²) in [6.45, 7) is 4.63. The van der Waals surface area contributed by atoms with Gasteiger partial charge in [0.25, 0.3) is 0 Å². The molecular formula is C21H25ClN2O2. The molecule has 4 nitrogen and oxygen atoms in total. The molecule has 0 bridgehead atoms. The lowest BCUT2D eigenvalue weighted by Gasteiger charge is -2.08. The second-order valence-electron chi connectivity index (χ2n) is 6.44. The van der Waals surface area contributed by atoms with Crippen molar-refractivity contribution in [3.05, 3.63) is 64.2 Å². The minimum atomic E-state index is -0.0724. The molecular weight excluding hydrogens is 348 g/mol. The van der Waals surface area contributed by atoms with E-state index in [-0.39, 0.29) is 11.8 Å². The summed E-state index contributed by atoms with van der Waals surface area (Å²) >= 11 is 5.81. The van der Waals surface area contributed by atoms with Crippen molar-refractivity contribution in [1.29, 1.82) is 0 Å². The van der Waals surface area contributed by atoms with E-state index in [9.17, 15) is 9.59 Å². The van der Waals surface area contributed by atoms with Crippen molar-refractivity contribution in [1.82, 2.24) is 5.32 Å². The molecule has 2 N–H and O–H groups in total. The Labute approximate surface area is 159 Å². The summed E-state index contributed by atoms with van der Waals surface area (Å²) < 4.78 is 0. The Hall–Kier alpha value is -2.33. The van der Waals surface area contributed by atoms with Crippen molar-refractivity contribution in [2.24, 2.45) is 0 Å². The van der Waals surface area contributed by atoms with Gasteiger partial charge in [0.15, 0.2) is 0 Å². The third kappa shape index (κ3) is 6.89. The first kappa shape index (κ1) is 20.0. The van der Waals surface area contributed by atoms with Gasteiger partial charge in [-0.05, 0) is 62.1 Å². The summed E-state index contributed by atoms with van der Waals surface area (Å²) in [4.78, 5) is 23.8. The number of carbonyl (C=O) groups excluding carboxylic acids is 2. The van der Waals surface area contributed by atoms with Crippen molar-refractivity contribution < 1.29 is 9.59 Å². The molecule has 5 heteroatoms. The van der Waals surface area contributed by atoms with Crippen LogP contribution < -0.4 is 10.6 Å². The maximum Gasteiger partial charge on any atom is 0.224 e. The van der Waals surface area contributed by atoms with Crippen LogP contribution in [-0.2, 0) is 16.0 Å². The molecule has 0 aliphatic rings. The third-order valence-corrected chi connectivity index (χ3v) is 4.40. The third-order valence-electron chi connectivity index (χ3n) is 4.15. The van der Waals surface area contributed by atoms with Gasteiger partial charge in [-0.2, -0.15) is 0 Å². The molecule has 138 valence electrons. The van der Waals surface area contributed by atoms with Crippen molar-refractivity contribution in [2.75, 3.05) is 11.9 Å². The maximum atomic E-state index is 11.9. The highest BCUT2D eigenvalue weighted by Crippen LogP contribution is 2.14. The number of amides is 2. The first-order chi connectivity index (χ1) is 12.4. The number of anilines is 1. The normalized spacial score (nSPS) is 10.4. The molecule has 0 saturated carbocycles. The smallest absolute Gasteiger partial charge is 0.224 e. The highest BCUT2D eigenvalue weighted by atomic mass is 35.5. The van der Waals surface area contributed by atoms with Crippen LogP contribution >= 0.6 is 11.6 Å². The van der Waals surface area contributed by atoms with E-state index in [1.807, 2.05) is 0 Å². The molecule has 0 saturated heterocycles. The molecule has 0 fully saturated rings. The number of benzene rings is 2. The van der Waals surface area contributed by atoms with Crippen LogP contribution in [0.4, 0.5) is 5.69 Å². The van der Waals surface area contributed by atoms with Gasteiger partial charge in [0.2, 0.25) is 11.8 Å². The van der Waals surface area contributed by atoms with Crippen molar-refractivity contribution in [3.63, 3.8) is 0 Å². The molecule has 0 radical (unpaired) electrons. The van der Waals surface area contributed by atoms with E-state index in [2.05, 4.69) is 42.7 Å². The molecule has 2 amide bonds. The van der Waals surface area contributed by atoms with Gasteiger partial charge in [-0.25, -0.2) is 0 Å². The minimum absolute atomic E-state index is 0.0167. The Balaban J connectivity index is 1.62. The summed E-state index contributed by atoms with van der Waals surface area (Å²) in [5, 5.41) is 6.31. The van der Waals surface area contributed by atoms with Crippen LogP contribution in [0.1, 0.15) is 36.0 Å². The molecule has 2 rings (SSSR count). The molecule has 2 aromatic rings. The van der Waals surface area contributed by atoms with E-state index in [4.69, 9.17) is 11.6 Å². The molecule has 0 heterocycles. The van der Waals surface area contributed by atoms with E-state index in [0.717, 1.165) is 12.1 Å². The van der Waals surface area contributed by atoms with Crippen molar-refractivity contribution in [2.45, 2.75) is 39.5 Å². The van der Waals surface area contributed by atoms with E-state index in [0.29, 0.717) is 30.8 Å². The molecule has 0 aromatic heterocycles. The Morgan fingerprint density at radius 2 is 1.69 bits per heavy atom. The summed E-state index contributed by atoms with van der Waals surface area (Å²) in [5.74, 6) is -0.0556. The molecule has 2 aromatic carbocycles. The van der Waals surface area contributed by atoms with Crippen LogP contribution in [0.5, 0.6) is 0 Å². The maximum absolute atomic E-state index is 11.9. The first-order valence-corrected chi connectivity index (χ1v) is 9.20. The summed E-state index contributed by atoms with van der Waals surface area (Å²) in [6, 6.07) is 13.3. The second kappa shape index (κ2) is 9.97. The molecule has 0 aliphatic heterocycles. The van der Waals surface area contributed by atoms with Gasteiger partial charge in [-0.15, -0.1) is 0 Å². The van der Waals surface area contributed by atoms with Gasteiger partial charge in [-0.1, -0.05) is 35.4 Å². The van der Waals surface area contributed by atoms with Crippen LogP contribution in [0.3, 0.4) is 0 Å². The predicted molar refractivity (Wildman–Crippen MR) is 107 cm³/mol. The van der Waals surface area contributed by atoms with Gasteiger partial charge in [0, 0.05) is 30.1 Å². The molecule has 0 unspecified atom stereocenters. The van der Waals surface area contributed by atoms with Gasteiger partial charge < -0.3 is 10.6 Å². The summed E-state index contributed by atoms with van der Waals surface area (Å²) in [6.07, 6.45) is 2.16. The van der Waals surface area contributed by atoms with Crippen LogP contribution in [0.15, 0.2) is 42.5 Å². The number of nitrogens with one attached hydrogen (secondary N) is 2. The monoisotopic (exact) mass is 372 g/mol. The zero-order chi connectivity index (χ0) is 18.9. The van der Waals surface area contributed by atoms with Gasteiger partial charge in [-0.3, -0.25) is 9.59 Å². The fourth-order valence-electron chi connectivity index (χ4n) is 2.70. The highest BCUT2D eigenvalue weighted by Gasteiger charge is 2.06. The molecule has 0 spiro atoms. The number of carbonyl (C=O) groups is 2. The lowest BCUT2D eigenvalue weighted by molar-refractivity contribution is -0.121. The number of hydrogen-bond acceptors (Lipinski definition) is 2. The number of rotatable bonds is 8. The average Bonchev–Trinajstić information content (AvgIpc) is 2.60. The summed E-state index contributed by atoms with van der Waals surface area (Å²) in [5.41, 5.74) is 4.37. The second-order valence-corrected chi connectivity index (χ2v) is 6.87. The SMILES string of the molecule is Cc1ccc(CCC(=O)NCCCC(=O)Nc2ccc(Cl)cc2)c(C)c1. The fourth-order valence-corrected chi connectivity index (χ4v) is 2.82. The van der Waals surface area contributed by atoms with Crippen LogP contribution in [0.25, 0.3) is 0 Å². The van der Waals surface area contributed by atoms with E-state index < -0.39 is 0 Å². The molecule has 0 aliphatic carbocycles. The zero-order valence-electron chi connectivity index (χ0n) is 15.3. The van der Waals surface area contributed by atoms with E-state index in [1.54, 1.807) is 24.3 Å². The Kier molecular flexibility index (Phi) is 7.67. The van der Waals surface area contributed by atoms with Crippen molar-refractivity contribution >= 4 is 29.1 Å².